The first-order valence-electron chi connectivity index (χ1n) is 5.27. The van der Waals surface area contributed by atoms with Crippen LogP contribution in [0.4, 0.5) is 0 Å². The molecular formula is C12H16O3. The fraction of sp³-hybridized carbons (Fsp3) is 0.583. The first-order valence-corrected chi connectivity index (χ1v) is 5.27. The van der Waals surface area contributed by atoms with Gasteiger partial charge in [0, 0.05) is 5.92 Å². The van der Waals surface area contributed by atoms with Gasteiger partial charge in [-0.25, -0.2) is 0 Å². The molecule has 0 fully saturated rings. The van der Waals surface area contributed by atoms with Crippen molar-refractivity contribution in [2.24, 2.45) is 5.41 Å². The Morgan fingerprint density at radius 3 is 3.00 bits per heavy atom. The van der Waals surface area contributed by atoms with E-state index in [0.717, 1.165) is 18.4 Å². The Morgan fingerprint density at radius 1 is 1.60 bits per heavy atom. The van der Waals surface area contributed by atoms with Crippen LogP contribution < -0.4 is 0 Å². The van der Waals surface area contributed by atoms with Gasteiger partial charge in [0.25, 0.3) is 0 Å². The van der Waals surface area contributed by atoms with Crippen molar-refractivity contribution in [3.05, 3.63) is 23.7 Å². The van der Waals surface area contributed by atoms with E-state index in [-0.39, 0.29) is 17.8 Å². The fourth-order valence-electron chi connectivity index (χ4n) is 2.46. The molecule has 15 heavy (non-hydrogen) atoms. The third-order valence-corrected chi connectivity index (χ3v) is 3.51. The van der Waals surface area contributed by atoms with Crippen molar-refractivity contribution < 1.29 is 14.3 Å². The van der Waals surface area contributed by atoms with E-state index in [1.165, 1.54) is 5.56 Å². The van der Waals surface area contributed by atoms with Gasteiger partial charge in [0.15, 0.2) is 0 Å². The maximum Gasteiger partial charge on any atom is 0.303 e. The van der Waals surface area contributed by atoms with E-state index in [0.29, 0.717) is 0 Å². The van der Waals surface area contributed by atoms with Gasteiger partial charge in [-0.15, -0.1) is 0 Å². The molecule has 3 nitrogen and oxygen atoms in total. The van der Waals surface area contributed by atoms with Crippen molar-refractivity contribution in [1.29, 1.82) is 0 Å². The van der Waals surface area contributed by atoms with Gasteiger partial charge in [0.05, 0.1) is 18.9 Å². The molecule has 1 atom stereocenters. The van der Waals surface area contributed by atoms with E-state index in [9.17, 15) is 4.79 Å². The Balaban J connectivity index is 2.35. The molecule has 0 saturated carbocycles. The van der Waals surface area contributed by atoms with E-state index >= 15 is 0 Å². The quantitative estimate of drug-likeness (QED) is 0.813. The Labute approximate surface area is 89.1 Å². The average molecular weight is 208 g/mol. The van der Waals surface area contributed by atoms with E-state index in [1.54, 1.807) is 12.5 Å². The summed E-state index contributed by atoms with van der Waals surface area (Å²) < 4.78 is 5.18. The summed E-state index contributed by atoms with van der Waals surface area (Å²) in [6.45, 7) is 4.27. The molecule has 2 rings (SSSR count). The van der Waals surface area contributed by atoms with Crippen molar-refractivity contribution in [3.8, 4) is 0 Å². The third-order valence-electron chi connectivity index (χ3n) is 3.51. The van der Waals surface area contributed by atoms with Crippen molar-refractivity contribution in [1.82, 2.24) is 0 Å². The summed E-state index contributed by atoms with van der Waals surface area (Å²) in [5, 5.41) is 8.93. The van der Waals surface area contributed by atoms with Crippen molar-refractivity contribution >= 4 is 5.97 Å². The van der Waals surface area contributed by atoms with E-state index in [4.69, 9.17) is 9.52 Å². The molecule has 1 N–H and O–H groups in total. The lowest BCUT2D eigenvalue weighted by Gasteiger charge is -2.37. The minimum Gasteiger partial charge on any atom is -0.481 e. The summed E-state index contributed by atoms with van der Waals surface area (Å²) in [6.07, 6.45) is 5.68. The normalized spacial score (nSPS) is 23.5. The largest absolute Gasteiger partial charge is 0.481 e. The number of carbonyl (C=O) groups is 1. The van der Waals surface area contributed by atoms with Crippen LogP contribution in [0.3, 0.4) is 0 Å². The molecule has 0 spiro atoms. The van der Waals surface area contributed by atoms with Crippen LogP contribution in [0.5, 0.6) is 0 Å². The Bertz CT molecular complexity index is 376. The molecule has 0 aromatic carbocycles. The molecule has 1 aliphatic carbocycles. The summed E-state index contributed by atoms with van der Waals surface area (Å²) in [4.78, 5) is 10.9. The van der Waals surface area contributed by atoms with Gasteiger partial charge in [0.2, 0.25) is 0 Å². The van der Waals surface area contributed by atoms with Crippen LogP contribution in [0.2, 0.25) is 0 Å². The zero-order valence-corrected chi connectivity index (χ0v) is 9.12. The Morgan fingerprint density at radius 2 is 2.33 bits per heavy atom. The summed E-state index contributed by atoms with van der Waals surface area (Å²) in [7, 11) is 0. The number of hydrogen-bond donors (Lipinski definition) is 1. The van der Waals surface area contributed by atoms with Crippen LogP contribution in [0.25, 0.3) is 0 Å². The lowest BCUT2D eigenvalue weighted by atomic mass is 9.66. The number of hydrogen-bond acceptors (Lipinski definition) is 2. The second-order valence-electron chi connectivity index (χ2n) is 4.99. The van der Waals surface area contributed by atoms with Crippen molar-refractivity contribution in [3.63, 3.8) is 0 Å². The molecule has 0 radical (unpaired) electrons. The zero-order valence-electron chi connectivity index (χ0n) is 9.12. The molecule has 1 aromatic rings. The lowest BCUT2D eigenvalue weighted by molar-refractivity contribution is -0.138. The predicted octanol–water partition coefficient (Wildman–Crippen LogP) is 2.81. The van der Waals surface area contributed by atoms with E-state index < -0.39 is 5.97 Å². The second-order valence-corrected chi connectivity index (χ2v) is 4.99. The van der Waals surface area contributed by atoms with Gasteiger partial charge in [-0.2, -0.15) is 0 Å². The highest BCUT2D eigenvalue weighted by Gasteiger charge is 2.37. The maximum absolute atomic E-state index is 10.9. The summed E-state index contributed by atoms with van der Waals surface area (Å²) >= 11 is 0. The number of aryl methyl sites for hydroxylation is 1. The van der Waals surface area contributed by atoms with Gasteiger partial charge < -0.3 is 9.52 Å². The van der Waals surface area contributed by atoms with Gasteiger partial charge >= 0.3 is 5.97 Å². The van der Waals surface area contributed by atoms with Gasteiger partial charge in [-0.3, -0.25) is 4.79 Å². The highest BCUT2D eigenvalue weighted by Crippen LogP contribution is 2.47. The number of carboxylic acids is 1. The highest BCUT2D eigenvalue weighted by molar-refractivity contribution is 5.68. The minimum atomic E-state index is -0.734. The Kier molecular flexibility index (Phi) is 2.33. The van der Waals surface area contributed by atoms with Crippen molar-refractivity contribution in [2.45, 2.75) is 39.0 Å². The SMILES string of the molecule is CC1(C)CCc2cocc2C1CC(=O)O. The minimum absolute atomic E-state index is 0.0509. The fourth-order valence-corrected chi connectivity index (χ4v) is 2.46. The summed E-state index contributed by atoms with van der Waals surface area (Å²) in [6, 6.07) is 0. The molecule has 1 aromatic heterocycles. The number of fused-ring (bicyclic) bond motifs is 1. The first kappa shape index (κ1) is 10.3. The summed E-state index contributed by atoms with van der Waals surface area (Å²) in [5.41, 5.74) is 2.32. The monoisotopic (exact) mass is 208 g/mol. The average Bonchev–Trinajstić information content (AvgIpc) is 2.57. The lowest BCUT2D eigenvalue weighted by Crippen LogP contribution is -2.29. The molecule has 1 heterocycles. The highest BCUT2D eigenvalue weighted by atomic mass is 16.4. The molecule has 82 valence electrons. The topological polar surface area (TPSA) is 50.4 Å². The van der Waals surface area contributed by atoms with E-state index in [2.05, 4.69) is 13.8 Å². The number of carboxylic acid groups (broad SMARTS) is 1. The van der Waals surface area contributed by atoms with Gasteiger partial charge in [-0.05, 0) is 29.4 Å². The standard InChI is InChI=1S/C12H16O3/c1-12(2)4-3-8-6-15-7-9(8)10(12)5-11(13)14/h6-7,10H,3-5H2,1-2H3,(H,13,14). The van der Waals surface area contributed by atoms with Gasteiger partial charge in [0.1, 0.15) is 0 Å². The molecule has 0 amide bonds. The van der Waals surface area contributed by atoms with Crippen LogP contribution in [-0.4, -0.2) is 11.1 Å². The molecular weight excluding hydrogens is 192 g/mol. The smallest absolute Gasteiger partial charge is 0.303 e. The Hall–Kier alpha value is -1.25. The molecule has 3 heteroatoms. The van der Waals surface area contributed by atoms with E-state index in [1.807, 2.05) is 0 Å². The first-order chi connectivity index (χ1) is 7.00. The van der Waals surface area contributed by atoms with Crippen LogP contribution in [0, 0.1) is 5.41 Å². The van der Waals surface area contributed by atoms with Crippen LogP contribution >= 0.6 is 0 Å². The molecule has 0 saturated heterocycles. The van der Waals surface area contributed by atoms with Crippen LogP contribution in [-0.2, 0) is 11.2 Å². The molecule has 0 aliphatic heterocycles. The number of furan rings is 1. The maximum atomic E-state index is 10.9. The molecule has 1 unspecified atom stereocenters. The predicted molar refractivity (Wildman–Crippen MR) is 55.8 cm³/mol. The number of rotatable bonds is 2. The zero-order chi connectivity index (χ0) is 11.1. The number of aliphatic carboxylic acids is 1. The van der Waals surface area contributed by atoms with Gasteiger partial charge in [-0.1, -0.05) is 13.8 Å². The van der Waals surface area contributed by atoms with Crippen LogP contribution in [0.1, 0.15) is 43.7 Å². The third kappa shape index (κ3) is 1.78. The molecule has 0 bridgehead atoms. The molecule has 1 aliphatic rings. The van der Waals surface area contributed by atoms with Crippen molar-refractivity contribution in [2.75, 3.05) is 0 Å². The summed E-state index contributed by atoms with van der Waals surface area (Å²) in [5.74, 6) is -0.653. The second kappa shape index (κ2) is 3.40. The van der Waals surface area contributed by atoms with Crippen LogP contribution in [0.15, 0.2) is 16.9 Å².